The lowest BCUT2D eigenvalue weighted by atomic mass is 10.0. The van der Waals surface area contributed by atoms with Crippen LogP contribution in [0.5, 0.6) is 5.75 Å². The molecule has 140 valence electrons. The molecule has 1 N–H and O–H groups in total. The van der Waals surface area contributed by atoms with Gasteiger partial charge in [-0.05, 0) is 24.4 Å². The van der Waals surface area contributed by atoms with Crippen LogP contribution < -0.4 is 10.1 Å². The van der Waals surface area contributed by atoms with Gasteiger partial charge in [0.2, 0.25) is 0 Å². The second kappa shape index (κ2) is 9.67. The number of rotatable bonds is 8. The molecule has 0 aromatic heterocycles. The Labute approximate surface area is 169 Å². The Morgan fingerprint density at radius 3 is 2.58 bits per heavy atom. The number of halogens is 1. The van der Waals surface area contributed by atoms with E-state index in [1.54, 1.807) is 24.3 Å². The quantitative estimate of drug-likeness (QED) is 0.251. The van der Waals surface area contributed by atoms with E-state index in [1.165, 1.54) is 6.92 Å². The third-order valence-corrected chi connectivity index (χ3v) is 4.37. The number of hydroxylamine groups is 2. The minimum atomic E-state index is -0.764. The maximum Gasteiger partial charge on any atom is 0.369 e. The van der Waals surface area contributed by atoms with Crippen molar-refractivity contribution in [2.45, 2.75) is 19.0 Å². The van der Waals surface area contributed by atoms with Crippen LogP contribution in [0, 0.1) is 0 Å². The van der Waals surface area contributed by atoms with Gasteiger partial charge in [-0.2, -0.15) is 5.06 Å². The van der Waals surface area contributed by atoms with E-state index in [0.29, 0.717) is 10.2 Å². The molecular formula is C16H17IN2O6S. The van der Waals surface area contributed by atoms with Crippen LogP contribution in [-0.2, 0) is 24.0 Å². The van der Waals surface area contributed by atoms with Crippen molar-refractivity contribution >= 4 is 57.6 Å². The molecule has 1 aliphatic heterocycles. The summed E-state index contributed by atoms with van der Waals surface area (Å²) >= 11 is 6.74. The molecule has 0 spiro atoms. The van der Waals surface area contributed by atoms with Crippen LogP contribution >= 0.6 is 34.8 Å². The summed E-state index contributed by atoms with van der Waals surface area (Å²) in [6.45, 7) is 0.923. The Balaban J connectivity index is 1.81. The maximum absolute atomic E-state index is 12.1. The van der Waals surface area contributed by atoms with Gasteiger partial charge in [0.25, 0.3) is 11.8 Å². The molecule has 2 atom stereocenters. The number of nitrogens with one attached hydrogen (secondary N) is 1. The fourth-order valence-corrected chi connectivity index (χ4v) is 3.04. The van der Waals surface area contributed by atoms with Crippen LogP contribution in [0.1, 0.15) is 6.92 Å². The zero-order valence-corrected chi connectivity index (χ0v) is 16.8. The van der Waals surface area contributed by atoms with Gasteiger partial charge in [0.05, 0.1) is 0 Å². The molecule has 1 saturated heterocycles. The van der Waals surface area contributed by atoms with E-state index in [-0.39, 0.29) is 18.3 Å². The third kappa shape index (κ3) is 5.53. The largest absolute Gasteiger partial charge is 0.484 e. The standard InChI is InChI=1S/C16H17IN2O6S/c1-10(26)23-9-14(21)25-19-12(7-17)15(16(19)22)18-13(20)8-24-11-5-3-2-4-6-11/h2-6,12,15H,7-9H2,1H3,(H,18,20)/t12-,15+/m0/s1. The molecule has 0 aliphatic carbocycles. The molecule has 2 rings (SSSR count). The van der Waals surface area contributed by atoms with Gasteiger partial charge in [-0.25, -0.2) is 4.79 Å². The SMILES string of the molecule is CC(=S)OCC(=O)ON1C(=O)[C@H](NC(=O)COc2ccccc2)[C@@H]1CI. The molecule has 1 aromatic rings. The van der Waals surface area contributed by atoms with E-state index in [9.17, 15) is 14.4 Å². The minimum Gasteiger partial charge on any atom is -0.484 e. The minimum absolute atomic E-state index is 0.200. The molecule has 0 saturated carbocycles. The van der Waals surface area contributed by atoms with E-state index in [4.69, 9.17) is 26.5 Å². The smallest absolute Gasteiger partial charge is 0.369 e. The Morgan fingerprint density at radius 2 is 1.96 bits per heavy atom. The Morgan fingerprint density at radius 1 is 1.27 bits per heavy atom. The average Bonchev–Trinajstić information content (AvgIpc) is 2.64. The normalized spacial score (nSPS) is 18.5. The molecular weight excluding hydrogens is 475 g/mol. The van der Waals surface area contributed by atoms with Crippen molar-refractivity contribution in [3.8, 4) is 5.75 Å². The monoisotopic (exact) mass is 492 g/mol. The van der Waals surface area contributed by atoms with E-state index in [2.05, 4.69) is 5.32 Å². The van der Waals surface area contributed by atoms with Gasteiger partial charge >= 0.3 is 5.97 Å². The average molecular weight is 492 g/mol. The summed E-state index contributed by atoms with van der Waals surface area (Å²) in [7, 11) is 0. The summed E-state index contributed by atoms with van der Waals surface area (Å²) < 4.78 is 10.7. The van der Waals surface area contributed by atoms with Gasteiger partial charge in [0.15, 0.2) is 18.3 Å². The lowest BCUT2D eigenvalue weighted by Crippen LogP contribution is -2.71. The highest BCUT2D eigenvalue weighted by atomic mass is 127. The Kier molecular flexibility index (Phi) is 7.57. The maximum atomic E-state index is 12.1. The van der Waals surface area contributed by atoms with Crippen molar-refractivity contribution in [3.05, 3.63) is 30.3 Å². The van der Waals surface area contributed by atoms with E-state index in [1.807, 2.05) is 28.7 Å². The number of amides is 2. The van der Waals surface area contributed by atoms with Crippen molar-refractivity contribution in [2.75, 3.05) is 17.6 Å². The molecule has 1 aromatic carbocycles. The predicted octanol–water partition coefficient (Wildman–Crippen LogP) is 1.02. The number of carbonyl (C=O) groups excluding carboxylic acids is 3. The zero-order valence-electron chi connectivity index (χ0n) is 13.8. The zero-order chi connectivity index (χ0) is 19.1. The number of carbonyl (C=O) groups is 3. The summed E-state index contributed by atoms with van der Waals surface area (Å²) in [5.41, 5.74) is 0. The summed E-state index contributed by atoms with van der Waals surface area (Å²) in [6.07, 6.45) is 0. The van der Waals surface area contributed by atoms with E-state index in [0.717, 1.165) is 5.06 Å². The summed E-state index contributed by atoms with van der Waals surface area (Å²) in [5, 5.41) is 3.73. The first-order valence-corrected chi connectivity index (χ1v) is 9.56. The second-order valence-electron chi connectivity index (χ2n) is 5.28. The fourth-order valence-electron chi connectivity index (χ4n) is 2.12. The van der Waals surface area contributed by atoms with Crippen molar-refractivity contribution in [2.24, 2.45) is 0 Å². The van der Waals surface area contributed by atoms with Crippen molar-refractivity contribution in [3.63, 3.8) is 0 Å². The van der Waals surface area contributed by atoms with Gasteiger partial charge in [0.1, 0.15) is 17.8 Å². The fraction of sp³-hybridized carbons (Fsp3) is 0.375. The number of hydrogen-bond donors (Lipinski definition) is 1. The van der Waals surface area contributed by atoms with Crippen LogP contribution in [0.3, 0.4) is 0 Å². The van der Waals surface area contributed by atoms with Gasteiger partial charge in [-0.15, -0.1) is 0 Å². The summed E-state index contributed by atoms with van der Waals surface area (Å²) in [5.74, 6) is -1.13. The number of thiocarbonyl (C=S) groups is 1. The first-order chi connectivity index (χ1) is 12.4. The highest BCUT2D eigenvalue weighted by molar-refractivity contribution is 14.1. The highest BCUT2D eigenvalue weighted by Gasteiger charge is 2.50. The lowest BCUT2D eigenvalue weighted by Gasteiger charge is -2.43. The molecule has 1 heterocycles. The molecule has 1 aliphatic rings. The molecule has 1 fully saturated rings. The number of hydrogen-bond acceptors (Lipinski definition) is 7. The van der Waals surface area contributed by atoms with Crippen LogP contribution in [0.4, 0.5) is 0 Å². The molecule has 0 unspecified atom stereocenters. The van der Waals surface area contributed by atoms with Crippen LogP contribution in [0.25, 0.3) is 0 Å². The molecule has 8 nitrogen and oxygen atoms in total. The van der Waals surface area contributed by atoms with E-state index >= 15 is 0 Å². The second-order valence-corrected chi connectivity index (χ2v) is 6.73. The first kappa shape index (κ1) is 20.4. The number of alkyl halides is 1. The van der Waals surface area contributed by atoms with Crippen molar-refractivity contribution in [1.29, 1.82) is 0 Å². The predicted molar refractivity (Wildman–Crippen MR) is 104 cm³/mol. The highest BCUT2D eigenvalue weighted by Crippen LogP contribution is 2.23. The number of nitrogens with zero attached hydrogens (tertiary/aromatic N) is 1. The summed E-state index contributed by atoms with van der Waals surface area (Å²) in [4.78, 5) is 40.7. The first-order valence-electron chi connectivity index (χ1n) is 7.62. The van der Waals surface area contributed by atoms with Gasteiger partial charge < -0.3 is 19.6 Å². The molecule has 26 heavy (non-hydrogen) atoms. The molecule has 10 heteroatoms. The van der Waals surface area contributed by atoms with Gasteiger partial charge in [-0.1, -0.05) is 40.8 Å². The van der Waals surface area contributed by atoms with Crippen LogP contribution in [0.15, 0.2) is 30.3 Å². The van der Waals surface area contributed by atoms with Gasteiger partial charge in [-0.3, -0.25) is 9.59 Å². The van der Waals surface area contributed by atoms with Crippen LogP contribution in [0.2, 0.25) is 0 Å². The third-order valence-electron chi connectivity index (χ3n) is 3.35. The van der Waals surface area contributed by atoms with E-state index < -0.39 is 29.9 Å². The van der Waals surface area contributed by atoms with Crippen molar-refractivity contribution in [1.82, 2.24) is 10.4 Å². The number of para-hydroxylation sites is 1. The summed E-state index contributed by atoms with van der Waals surface area (Å²) in [6, 6.07) is 7.63. The Hall–Kier alpha value is -1.95. The number of benzene rings is 1. The lowest BCUT2D eigenvalue weighted by molar-refractivity contribution is -0.230. The Bertz CT molecular complexity index is 687. The molecule has 0 radical (unpaired) electrons. The number of ether oxygens (including phenoxy) is 2. The molecule has 0 bridgehead atoms. The van der Waals surface area contributed by atoms with Gasteiger partial charge in [0, 0.05) is 11.4 Å². The van der Waals surface area contributed by atoms with Crippen LogP contribution in [-0.4, -0.2) is 57.6 Å². The topological polar surface area (TPSA) is 94.2 Å². The van der Waals surface area contributed by atoms with Crippen molar-refractivity contribution < 1.29 is 28.7 Å². The number of β-lactam (4-membered cyclic amide) rings is 1. The molecule has 2 amide bonds.